The number of nitrogens with two attached hydrogens (primary N) is 1. The molecular weight excluding hydrogens is 250 g/mol. The molecule has 0 bridgehead atoms. The van der Waals surface area contributed by atoms with Crippen LogP contribution in [-0.2, 0) is 6.54 Å². The van der Waals surface area contributed by atoms with Gasteiger partial charge in [-0.05, 0) is 25.5 Å². The van der Waals surface area contributed by atoms with Crippen molar-refractivity contribution in [3.05, 3.63) is 35.5 Å². The summed E-state index contributed by atoms with van der Waals surface area (Å²) in [5, 5.41) is 7.38. The molecule has 20 heavy (non-hydrogen) atoms. The fourth-order valence-electron chi connectivity index (χ4n) is 2.25. The van der Waals surface area contributed by atoms with Gasteiger partial charge in [-0.25, -0.2) is 0 Å². The number of nitrogens with one attached hydrogen (secondary N) is 1. The maximum atomic E-state index is 5.91. The average Bonchev–Trinajstić information content (AvgIpc) is 2.85. The maximum absolute atomic E-state index is 5.91. The number of para-hydroxylation sites is 1. The first kappa shape index (κ1) is 14.6. The molecule has 1 heterocycles. The molecule has 0 saturated heterocycles. The standard InChI is InChI=1S/C16H23N3O/c1-3-4-7-10-20-15-9-6-5-8-13(15)16-14(11-17)12(2)18-19-16/h5-6,8-9H,3-4,7,10-11,17H2,1-2H3,(H,18,19). The van der Waals surface area contributed by atoms with E-state index in [0.717, 1.165) is 41.3 Å². The summed E-state index contributed by atoms with van der Waals surface area (Å²) in [5.41, 5.74) is 9.80. The second-order valence-electron chi connectivity index (χ2n) is 4.93. The third-order valence-corrected chi connectivity index (χ3v) is 3.43. The summed E-state index contributed by atoms with van der Waals surface area (Å²) >= 11 is 0. The average molecular weight is 273 g/mol. The normalized spacial score (nSPS) is 10.8. The summed E-state index contributed by atoms with van der Waals surface area (Å²) < 4.78 is 5.91. The zero-order valence-electron chi connectivity index (χ0n) is 12.3. The van der Waals surface area contributed by atoms with Gasteiger partial charge < -0.3 is 10.5 Å². The number of aromatic nitrogens is 2. The van der Waals surface area contributed by atoms with Gasteiger partial charge in [0.05, 0.1) is 6.61 Å². The highest BCUT2D eigenvalue weighted by Crippen LogP contribution is 2.31. The van der Waals surface area contributed by atoms with E-state index in [4.69, 9.17) is 10.5 Å². The summed E-state index contributed by atoms with van der Waals surface area (Å²) in [4.78, 5) is 0. The van der Waals surface area contributed by atoms with Crippen LogP contribution in [-0.4, -0.2) is 16.8 Å². The van der Waals surface area contributed by atoms with E-state index in [1.807, 2.05) is 31.2 Å². The molecule has 0 radical (unpaired) electrons. The Kier molecular flexibility index (Phi) is 5.18. The monoisotopic (exact) mass is 273 g/mol. The van der Waals surface area contributed by atoms with Crippen LogP contribution in [0.3, 0.4) is 0 Å². The third kappa shape index (κ3) is 3.20. The summed E-state index contributed by atoms with van der Waals surface area (Å²) in [7, 11) is 0. The lowest BCUT2D eigenvalue weighted by Crippen LogP contribution is -2.01. The van der Waals surface area contributed by atoms with Crippen LogP contribution >= 0.6 is 0 Å². The van der Waals surface area contributed by atoms with Gasteiger partial charge in [0.1, 0.15) is 11.4 Å². The van der Waals surface area contributed by atoms with Crippen LogP contribution in [0.2, 0.25) is 0 Å². The van der Waals surface area contributed by atoms with Crippen molar-refractivity contribution in [1.29, 1.82) is 0 Å². The Bertz CT molecular complexity index is 548. The smallest absolute Gasteiger partial charge is 0.128 e. The van der Waals surface area contributed by atoms with Gasteiger partial charge in [-0.2, -0.15) is 5.10 Å². The lowest BCUT2D eigenvalue weighted by Gasteiger charge is -2.11. The molecule has 2 rings (SSSR count). The Morgan fingerprint density at radius 1 is 1.25 bits per heavy atom. The maximum Gasteiger partial charge on any atom is 0.128 e. The van der Waals surface area contributed by atoms with Crippen LogP contribution in [0.1, 0.15) is 37.4 Å². The van der Waals surface area contributed by atoms with Crippen LogP contribution in [0.4, 0.5) is 0 Å². The van der Waals surface area contributed by atoms with Gasteiger partial charge in [-0.3, -0.25) is 5.10 Å². The fourth-order valence-corrected chi connectivity index (χ4v) is 2.25. The number of hydrogen-bond donors (Lipinski definition) is 2. The number of aryl methyl sites for hydroxylation is 1. The molecule has 0 atom stereocenters. The predicted molar refractivity (Wildman–Crippen MR) is 81.7 cm³/mol. The zero-order valence-corrected chi connectivity index (χ0v) is 12.3. The number of ether oxygens (including phenoxy) is 1. The van der Waals surface area contributed by atoms with E-state index in [0.29, 0.717) is 6.54 Å². The summed E-state index contributed by atoms with van der Waals surface area (Å²) in [6, 6.07) is 8.01. The van der Waals surface area contributed by atoms with Gasteiger partial charge in [-0.1, -0.05) is 31.9 Å². The highest BCUT2D eigenvalue weighted by Gasteiger charge is 2.14. The van der Waals surface area contributed by atoms with E-state index < -0.39 is 0 Å². The Morgan fingerprint density at radius 2 is 2.05 bits per heavy atom. The van der Waals surface area contributed by atoms with E-state index in [1.165, 1.54) is 12.8 Å². The second-order valence-corrected chi connectivity index (χ2v) is 4.93. The molecule has 1 aromatic carbocycles. The van der Waals surface area contributed by atoms with E-state index in [1.54, 1.807) is 0 Å². The number of nitrogens with zero attached hydrogens (tertiary/aromatic N) is 1. The largest absolute Gasteiger partial charge is 0.493 e. The van der Waals surface area contributed by atoms with E-state index >= 15 is 0 Å². The molecule has 0 spiro atoms. The van der Waals surface area contributed by atoms with Crippen molar-refractivity contribution in [3.63, 3.8) is 0 Å². The van der Waals surface area contributed by atoms with Gasteiger partial charge in [0.2, 0.25) is 0 Å². The first-order valence-corrected chi connectivity index (χ1v) is 7.24. The first-order valence-electron chi connectivity index (χ1n) is 7.24. The summed E-state index contributed by atoms with van der Waals surface area (Å²) in [6.07, 6.45) is 3.47. The van der Waals surface area contributed by atoms with E-state index in [2.05, 4.69) is 17.1 Å². The molecule has 108 valence electrons. The lowest BCUT2D eigenvalue weighted by atomic mass is 10.1. The van der Waals surface area contributed by atoms with Gasteiger partial charge in [0.25, 0.3) is 0 Å². The molecule has 0 amide bonds. The number of aromatic amines is 1. The number of rotatable bonds is 7. The molecule has 0 aliphatic rings. The molecule has 4 heteroatoms. The van der Waals surface area contributed by atoms with E-state index in [9.17, 15) is 0 Å². The zero-order chi connectivity index (χ0) is 14.4. The Labute approximate surface area is 120 Å². The van der Waals surface area contributed by atoms with Gasteiger partial charge in [0.15, 0.2) is 0 Å². The number of unbranched alkanes of at least 4 members (excludes halogenated alkanes) is 2. The first-order chi connectivity index (χ1) is 9.77. The Morgan fingerprint density at radius 3 is 2.80 bits per heavy atom. The Hall–Kier alpha value is -1.81. The van der Waals surface area contributed by atoms with Crippen LogP contribution in [0.5, 0.6) is 5.75 Å². The highest BCUT2D eigenvalue weighted by atomic mass is 16.5. The van der Waals surface area contributed by atoms with Crippen molar-refractivity contribution in [1.82, 2.24) is 10.2 Å². The van der Waals surface area contributed by atoms with Gasteiger partial charge in [0, 0.05) is 23.4 Å². The lowest BCUT2D eigenvalue weighted by molar-refractivity contribution is 0.307. The molecular formula is C16H23N3O. The minimum absolute atomic E-state index is 0.474. The third-order valence-electron chi connectivity index (χ3n) is 3.43. The quantitative estimate of drug-likeness (QED) is 0.760. The molecule has 4 nitrogen and oxygen atoms in total. The minimum atomic E-state index is 0.474. The van der Waals surface area contributed by atoms with Gasteiger partial charge in [-0.15, -0.1) is 0 Å². The van der Waals surface area contributed by atoms with Crippen molar-refractivity contribution in [2.45, 2.75) is 39.7 Å². The Balaban J connectivity index is 2.23. The molecule has 0 saturated carbocycles. The van der Waals surface area contributed by atoms with Crippen LogP contribution in [0, 0.1) is 6.92 Å². The van der Waals surface area contributed by atoms with Crippen LogP contribution < -0.4 is 10.5 Å². The number of benzene rings is 1. The fraction of sp³-hybridized carbons (Fsp3) is 0.438. The SMILES string of the molecule is CCCCCOc1ccccc1-c1n[nH]c(C)c1CN. The topological polar surface area (TPSA) is 63.9 Å². The number of H-pyrrole nitrogens is 1. The predicted octanol–water partition coefficient (Wildman–Crippen LogP) is 3.41. The molecule has 0 fully saturated rings. The van der Waals surface area contributed by atoms with Crippen molar-refractivity contribution in [2.24, 2.45) is 5.73 Å². The van der Waals surface area contributed by atoms with Crippen LogP contribution in [0.25, 0.3) is 11.3 Å². The summed E-state index contributed by atoms with van der Waals surface area (Å²) in [6.45, 7) is 5.39. The molecule has 0 unspecified atom stereocenters. The molecule has 0 aliphatic heterocycles. The molecule has 3 N–H and O–H groups in total. The molecule has 2 aromatic rings. The molecule has 0 aliphatic carbocycles. The molecule has 1 aromatic heterocycles. The van der Waals surface area contributed by atoms with Crippen molar-refractivity contribution < 1.29 is 4.74 Å². The van der Waals surface area contributed by atoms with Crippen molar-refractivity contribution >= 4 is 0 Å². The summed E-state index contributed by atoms with van der Waals surface area (Å²) in [5.74, 6) is 0.879. The highest BCUT2D eigenvalue weighted by molar-refractivity contribution is 5.70. The van der Waals surface area contributed by atoms with Crippen molar-refractivity contribution in [2.75, 3.05) is 6.61 Å². The minimum Gasteiger partial charge on any atom is -0.493 e. The van der Waals surface area contributed by atoms with Gasteiger partial charge >= 0.3 is 0 Å². The van der Waals surface area contributed by atoms with Crippen LogP contribution in [0.15, 0.2) is 24.3 Å². The van der Waals surface area contributed by atoms with E-state index in [-0.39, 0.29) is 0 Å². The number of hydrogen-bond acceptors (Lipinski definition) is 3. The second kappa shape index (κ2) is 7.10. The van der Waals surface area contributed by atoms with Crippen molar-refractivity contribution in [3.8, 4) is 17.0 Å².